The predicted octanol–water partition coefficient (Wildman–Crippen LogP) is 3.92. The summed E-state index contributed by atoms with van der Waals surface area (Å²) in [4.78, 5) is 10.2. The van der Waals surface area contributed by atoms with Crippen LogP contribution in [0.3, 0.4) is 0 Å². The summed E-state index contributed by atoms with van der Waals surface area (Å²) in [7, 11) is 0. The Labute approximate surface area is 116 Å². The van der Waals surface area contributed by atoms with Crippen molar-refractivity contribution in [2.24, 2.45) is 5.92 Å². The number of hydrogen-bond acceptors (Lipinski definition) is 4. The first-order chi connectivity index (χ1) is 9.63. The maximum absolute atomic E-state index is 10.6. The van der Waals surface area contributed by atoms with Crippen LogP contribution in [0.15, 0.2) is 40.8 Å². The lowest BCUT2D eigenvalue weighted by atomic mass is 10.2. The lowest BCUT2D eigenvalue weighted by molar-refractivity contribution is -0.384. The number of anilines is 1. The highest BCUT2D eigenvalue weighted by Gasteiger charge is 2.36. The Morgan fingerprint density at radius 2 is 2.00 bits per heavy atom. The first-order valence-electron chi connectivity index (χ1n) is 6.70. The molecule has 0 saturated heterocycles. The van der Waals surface area contributed by atoms with Crippen LogP contribution in [-0.4, -0.2) is 4.92 Å². The summed E-state index contributed by atoms with van der Waals surface area (Å²) in [6, 6.07) is 10.4. The molecule has 2 aromatic rings. The van der Waals surface area contributed by atoms with E-state index in [-0.39, 0.29) is 5.69 Å². The molecule has 104 valence electrons. The van der Waals surface area contributed by atoms with Gasteiger partial charge in [0.05, 0.1) is 11.5 Å². The standard InChI is InChI=1S/C15H16N2O3/c1-10-8-14(10)15-7-6-13(20-15)9-16-11-2-4-12(5-3-11)17(18)19/h2-7,10,14,16H,8-9H2,1H3. The molecule has 20 heavy (non-hydrogen) atoms. The fourth-order valence-electron chi connectivity index (χ4n) is 2.30. The molecule has 2 atom stereocenters. The second kappa shape index (κ2) is 5.00. The van der Waals surface area contributed by atoms with Gasteiger partial charge >= 0.3 is 0 Å². The SMILES string of the molecule is CC1CC1c1ccc(CNc2ccc([N+](=O)[O-])cc2)o1. The topological polar surface area (TPSA) is 68.3 Å². The van der Waals surface area contributed by atoms with E-state index in [2.05, 4.69) is 12.2 Å². The molecule has 1 fully saturated rings. The Hall–Kier alpha value is -2.30. The quantitative estimate of drug-likeness (QED) is 0.661. The highest BCUT2D eigenvalue weighted by Crippen LogP contribution is 2.47. The molecule has 1 aliphatic rings. The summed E-state index contributed by atoms with van der Waals surface area (Å²) in [6.45, 7) is 2.81. The van der Waals surface area contributed by atoms with Crippen LogP contribution in [0.1, 0.15) is 30.8 Å². The van der Waals surface area contributed by atoms with Crippen LogP contribution in [0.5, 0.6) is 0 Å². The third kappa shape index (κ3) is 2.66. The van der Waals surface area contributed by atoms with Crippen LogP contribution in [0.2, 0.25) is 0 Å². The summed E-state index contributed by atoms with van der Waals surface area (Å²) < 4.78 is 5.79. The van der Waals surface area contributed by atoms with Crippen molar-refractivity contribution in [3.8, 4) is 0 Å². The summed E-state index contributed by atoms with van der Waals surface area (Å²) in [5, 5.41) is 13.8. The Kier molecular flexibility index (Phi) is 3.18. The highest BCUT2D eigenvalue weighted by atomic mass is 16.6. The fraction of sp³-hybridized carbons (Fsp3) is 0.333. The zero-order chi connectivity index (χ0) is 14.1. The van der Waals surface area contributed by atoms with Gasteiger partial charge in [-0.1, -0.05) is 6.92 Å². The maximum Gasteiger partial charge on any atom is 0.269 e. The van der Waals surface area contributed by atoms with Crippen molar-refractivity contribution in [2.75, 3.05) is 5.32 Å². The number of furan rings is 1. The van der Waals surface area contributed by atoms with Crippen LogP contribution in [0.25, 0.3) is 0 Å². The summed E-state index contributed by atoms with van der Waals surface area (Å²) in [6.07, 6.45) is 1.21. The maximum atomic E-state index is 10.6. The van der Waals surface area contributed by atoms with Gasteiger partial charge in [-0.2, -0.15) is 0 Å². The second-order valence-corrected chi connectivity index (χ2v) is 5.28. The highest BCUT2D eigenvalue weighted by molar-refractivity contribution is 5.48. The molecule has 1 saturated carbocycles. The normalized spacial score (nSPS) is 20.6. The van der Waals surface area contributed by atoms with Gasteiger partial charge in [0.2, 0.25) is 0 Å². The van der Waals surface area contributed by atoms with Gasteiger partial charge in [0.15, 0.2) is 0 Å². The Balaban J connectivity index is 1.58. The first-order valence-corrected chi connectivity index (χ1v) is 6.70. The van der Waals surface area contributed by atoms with Crippen LogP contribution >= 0.6 is 0 Å². The molecule has 1 aromatic heterocycles. The van der Waals surface area contributed by atoms with E-state index in [0.717, 1.165) is 23.1 Å². The molecule has 3 rings (SSSR count). The molecule has 0 aliphatic heterocycles. The van der Waals surface area contributed by atoms with Crippen LogP contribution in [-0.2, 0) is 6.54 Å². The molecule has 0 radical (unpaired) electrons. The van der Waals surface area contributed by atoms with Crippen molar-refractivity contribution >= 4 is 11.4 Å². The van der Waals surface area contributed by atoms with Gasteiger partial charge in [-0.3, -0.25) is 10.1 Å². The minimum Gasteiger partial charge on any atom is -0.464 e. The largest absolute Gasteiger partial charge is 0.464 e. The summed E-state index contributed by atoms with van der Waals surface area (Å²) in [5.41, 5.74) is 0.937. The molecule has 0 amide bonds. The number of hydrogen-bond donors (Lipinski definition) is 1. The van der Waals surface area contributed by atoms with E-state index in [9.17, 15) is 10.1 Å². The molecule has 2 unspecified atom stereocenters. The van der Waals surface area contributed by atoms with Crippen LogP contribution < -0.4 is 5.32 Å². The lowest BCUT2D eigenvalue weighted by Gasteiger charge is -2.03. The molecule has 0 spiro atoms. The van der Waals surface area contributed by atoms with Gasteiger partial charge < -0.3 is 9.73 Å². The van der Waals surface area contributed by atoms with Crippen molar-refractivity contribution in [3.05, 3.63) is 58.0 Å². The van der Waals surface area contributed by atoms with Crippen molar-refractivity contribution in [3.63, 3.8) is 0 Å². The zero-order valence-electron chi connectivity index (χ0n) is 11.2. The van der Waals surface area contributed by atoms with E-state index in [1.54, 1.807) is 12.1 Å². The van der Waals surface area contributed by atoms with Gasteiger partial charge in [0, 0.05) is 23.7 Å². The zero-order valence-corrected chi connectivity index (χ0v) is 11.2. The van der Waals surface area contributed by atoms with Gasteiger partial charge in [-0.05, 0) is 36.6 Å². The third-order valence-corrected chi connectivity index (χ3v) is 3.70. The summed E-state index contributed by atoms with van der Waals surface area (Å²) >= 11 is 0. The number of rotatable bonds is 5. The van der Waals surface area contributed by atoms with Gasteiger partial charge in [-0.15, -0.1) is 0 Å². The molecular weight excluding hydrogens is 256 g/mol. The Morgan fingerprint density at radius 3 is 2.60 bits per heavy atom. The van der Waals surface area contributed by atoms with E-state index in [1.165, 1.54) is 18.6 Å². The van der Waals surface area contributed by atoms with E-state index in [1.807, 2.05) is 12.1 Å². The molecule has 5 nitrogen and oxygen atoms in total. The molecule has 0 bridgehead atoms. The van der Waals surface area contributed by atoms with Crippen molar-refractivity contribution in [1.82, 2.24) is 0 Å². The van der Waals surface area contributed by atoms with Gasteiger partial charge in [-0.25, -0.2) is 0 Å². The number of benzene rings is 1. The van der Waals surface area contributed by atoms with Crippen molar-refractivity contribution in [2.45, 2.75) is 25.8 Å². The molecule has 5 heteroatoms. The average molecular weight is 272 g/mol. The van der Waals surface area contributed by atoms with Crippen LogP contribution in [0, 0.1) is 16.0 Å². The van der Waals surface area contributed by atoms with E-state index < -0.39 is 4.92 Å². The van der Waals surface area contributed by atoms with Crippen LogP contribution in [0.4, 0.5) is 11.4 Å². The van der Waals surface area contributed by atoms with Crippen molar-refractivity contribution in [1.29, 1.82) is 0 Å². The smallest absolute Gasteiger partial charge is 0.269 e. The molecule has 1 heterocycles. The first kappa shape index (κ1) is 12.7. The third-order valence-electron chi connectivity index (χ3n) is 3.70. The average Bonchev–Trinajstić information content (AvgIpc) is 3.00. The molecule has 1 N–H and O–H groups in total. The molecular formula is C15H16N2O3. The molecule has 1 aromatic carbocycles. The van der Waals surface area contributed by atoms with E-state index in [0.29, 0.717) is 12.5 Å². The lowest BCUT2D eigenvalue weighted by Crippen LogP contribution is -1.98. The number of nitro benzene ring substituents is 1. The number of non-ortho nitro benzene ring substituents is 1. The van der Waals surface area contributed by atoms with E-state index >= 15 is 0 Å². The fourth-order valence-corrected chi connectivity index (χ4v) is 2.30. The monoisotopic (exact) mass is 272 g/mol. The Morgan fingerprint density at radius 1 is 1.30 bits per heavy atom. The number of nitrogens with zero attached hydrogens (tertiary/aromatic N) is 1. The van der Waals surface area contributed by atoms with Gasteiger partial charge in [0.25, 0.3) is 5.69 Å². The number of nitrogens with one attached hydrogen (secondary N) is 1. The second-order valence-electron chi connectivity index (χ2n) is 5.28. The Bertz CT molecular complexity index is 618. The molecule has 1 aliphatic carbocycles. The van der Waals surface area contributed by atoms with Crippen molar-refractivity contribution < 1.29 is 9.34 Å². The summed E-state index contributed by atoms with van der Waals surface area (Å²) in [5.74, 6) is 3.27. The minimum atomic E-state index is -0.403. The predicted molar refractivity (Wildman–Crippen MR) is 75.7 cm³/mol. The number of nitro groups is 1. The van der Waals surface area contributed by atoms with E-state index in [4.69, 9.17) is 4.42 Å². The minimum absolute atomic E-state index is 0.0959. The van der Waals surface area contributed by atoms with Gasteiger partial charge in [0.1, 0.15) is 11.5 Å².